The summed E-state index contributed by atoms with van der Waals surface area (Å²) in [4.78, 5) is 11.6. The van der Waals surface area contributed by atoms with E-state index in [9.17, 15) is 4.79 Å². The third-order valence-electron chi connectivity index (χ3n) is 3.05. The first-order valence-electron chi connectivity index (χ1n) is 5.78. The maximum Gasteiger partial charge on any atom is 0.224 e. The number of amides is 1. The van der Waals surface area contributed by atoms with Crippen molar-refractivity contribution in [1.82, 2.24) is 5.32 Å². The van der Waals surface area contributed by atoms with Crippen LogP contribution in [0.4, 0.5) is 0 Å². The Hall–Kier alpha value is -1.57. The summed E-state index contributed by atoms with van der Waals surface area (Å²) in [5.41, 5.74) is 2.14. The third kappa shape index (κ3) is 2.72. The summed E-state index contributed by atoms with van der Waals surface area (Å²) in [6.45, 7) is 3.70. The molecule has 0 spiro atoms. The molecule has 0 unspecified atom stereocenters. The number of hydrogen-bond acceptors (Lipinski definition) is 1. The molecule has 2 rings (SSSR count). The van der Waals surface area contributed by atoms with E-state index in [1.54, 1.807) is 6.08 Å². The lowest BCUT2D eigenvalue weighted by atomic mass is 9.93. The van der Waals surface area contributed by atoms with Gasteiger partial charge in [-0.2, -0.15) is 0 Å². The van der Waals surface area contributed by atoms with Crippen LogP contribution >= 0.6 is 0 Å². The number of carbonyl (C=O) groups excluding carboxylic acids is 1. The van der Waals surface area contributed by atoms with E-state index in [2.05, 4.69) is 11.9 Å². The van der Waals surface area contributed by atoms with Gasteiger partial charge in [0.1, 0.15) is 0 Å². The van der Waals surface area contributed by atoms with Gasteiger partial charge >= 0.3 is 0 Å². The molecule has 1 saturated carbocycles. The fourth-order valence-electron chi connectivity index (χ4n) is 1.79. The predicted molar refractivity (Wildman–Crippen MR) is 66.0 cm³/mol. The zero-order valence-corrected chi connectivity index (χ0v) is 9.41. The van der Waals surface area contributed by atoms with E-state index in [0.717, 1.165) is 24.0 Å². The normalized spacial score (nSPS) is 15.2. The smallest absolute Gasteiger partial charge is 0.224 e. The Bertz CT molecular complexity index is 376. The van der Waals surface area contributed by atoms with Crippen molar-refractivity contribution in [3.05, 3.63) is 42.0 Å². The van der Waals surface area contributed by atoms with Gasteiger partial charge in [0.15, 0.2) is 0 Å². The molecular formula is C14H17NO. The van der Waals surface area contributed by atoms with Gasteiger partial charge in [-0.05, 0) is 30.4 Å². The van der Waals surface area contributed by atoms with Crippen molar-refractivity contribution in [2.45, 2.75) is 31.7 Å². The Kier molecular flexibility index (Phi) is 3.40. The topological polar surface area (TPSA) is 29.1 Å². The number of nitrogens with one attached hydrogen (secondary N) is 1. The fraction of sp³-hybridized carbons (Fsp3) is 0.357. The van der Waals surface area contributed by atoms with Gasteiger partial charge < -0.3 is 5.32 Å². The molecule has 0 radical (unpaired) electrons. The van der Waals surface area contributed by atoms with Crippen molar-refractivity contribution in [3.8, 4) is 0 Å². The van der Waals surface area contributed by atoms with Gasteiger partial charge in [0.05, 0.1) is 6.42 Å². The van der Waals surface area contributed by atoms with Crippen LogP contribution in [0.15, 0.2) is 30.8 Å². The summed E-state index contributed by atoms with van der Waals surface area (Å²) in [6.07, 6.45) is 5.81. The summed E-state index contributed by atoms with van der Waals surface area (Å²) in [6, 6.07) is 8.37. The van der Waals surface area contributed by atoms with Gasteiger partial charge in [0.2, 0.25) is 5.91 Å². The average molecular weight is 215 g/mol. The maximum atomic E-state index is 11.6. The Labute approximate surface area is 96.4 Å². The molecule has 0 bridgehead atoms. The molecule has 0 heterocycles. The molecule has 16 heavy (non-hydrogen) atoms. The summed E-state index contributed by atoms with van der Waals surface area (Å²) >= 11 is 0. The number of rotatable bonds is 4. The van der Waals surface area contributed by atoms with Crippen LogP contribution in [0.25, 0.3) is 6.08 Å². The lowest BCUT2D eigenvalue weighted by molar-refractivity contribution is -0.121. The monoisotopic (exact) mass is 215 g/mol. The van der Waals surface area contributed by atoms with Gasteiger partial charge in [-0.25, -0.2) is 0 Å². The molecule has 1 aromatic carbocycles. The van der Waals surface area contributed by atoms with Gasteiger partial charge in [-0.15, -0.1) is 0 Å². The highest BCUT2D eigenvalue weighted by atomic mass is 16.1. The van der Waals surface area contributed by atoms with Crippen molar-refractivity contribution in [2.75, 3.05) is 0 Å². The molecule has 1 aliphatic carbocycles. The molecule has 1 fully saturated rings. The minimum Gasteiger partial charge on any atom is -0.353 e. The minimum absolute atomic E-state index is 0.135. The van der Waals surface area contributed by atoms with Gasteiger partial charge in [0.25, 0.3) is 0 Å². The molecule has 2 heteroatoms. The van der Waals surface area contributed by atoms with Crippen molar-refractivity contribution >= 4 is 12.0 Å². The van der Waals surface area contributed by atoms with Crippen LogP contribution in [0.3, 0.4) is 0 Å². The summed E-state index contributed by atoms with van der Waals surface area (Å²) in [7, 11) is 0. The zero-order chi connectivity index (χ0) is 11.4. The maximum absolute atomic E-state index is 11.6. The first-order chi connectivity index (χ1) is 7.78. The highest BCUT2D eigenvalue weighted by Crippen LogP contribution is 2.18. The molecule has 0 aromatic heterocycles. The lowest BCUT2D eigenvalue weighted by Crippen LogP contribution is -2.40. The molecule has 0 saturated heterocycles. The molecule has 0 aliphatic heterocycles. The van der Waals surface area contributed by atoms with E-state index >= 15 is 0 Å². The van der Waals surface area contributed by atoms with Crippen LogP contribution in [0.1, 0.15) is 30.4 Å². The second-order valence-corrected chi connectivity index (χ2v) is 4.32. The van der Waals surface area contributed by atoms with E-state index in [1.807, 2.05) is 24.3 Å². The predicted octanol–water partition coefficient (Wildman–Crippen LogP) is 2.54. The van der Waals surface area contributed by atoms with Crippen LogP contribution in [0, 0.1) is 0 Å². The highest BCUT2D eigenvalue weighted by Gasteiger charge is 2.19. The molecule has 84 valence electrons. The molecule has 1 amide bonds. The van der Waals surface area contributed by atoms with Crippen LogP contribution in [0.2, 0.25) is 0 Å². The summed E-state index contributed by atoms with van der Waals surface area (Å²) in [5, 5.41) is 3.03. The Balaban J connectivity index is 1.87. The second-order valence-electron chi connectivity index (χ2n) is 4.32. The van der Waals surface area contributed by atoms with Gasteiger partial charge in [-0.1, -0.05) is 36.9 Å². The lowest BCUT2D eigenvalue weighted by Gasteiger charge is -2.26. The Morgan fingerprint density at radius 3 is 2.56 bits per heavy atom. The quantitative estimate of drug-likeness (QED) is 0.821. The first kappa shape index (κ1) is 10.9. The van der Waals surface area contributed by atoms with Gasteiger partial charge in [-0.3, -0.25) is 4.79 Å². The molecule has 1 aliphatic rings. The third-order valence-corrected chi connectivity index (χ3v) is 3.05. The van der Waals surface area contributed by atoms with E-state index in [-0.39, 0.29) is 5.91 Å². The highest BCUT2D eigenvalue weighted by molar-refractivity contribution is 5.79. The van der Waals surface area contributed by atoms with Crippen molar-refractivity contribution < 1.29 is 4.79 Å². The Morgan fingerprint density at radius 1 is 1.38 bits per heavy atom. The zero-order valence-electron chi connectivity index (χ0n) is 9.41. The van der Waals surface area contributed by atoms with E-state index in [1.165, 1.54) is 6.42 Å². The second kappa shape index (κ2) is 4.97. The van der Waals surface area contributed by atoms with Crippen LogP contribution in [-0.2, 0) is 11.2 Å². The van der Waals surface area contributed by atoms with Crippen molar-refractivity contribution in [1.29, 1.82) is 0 Å². The van der Waals surface area contributed by atoms with E-state index in [4.69, 9.17) is 0 Å². The van der Waals surface area contributed by atoms with Crippen LogP contribution in [0.5, 0.6) is 0 Å². The van der Waals surface area contributed by atoms with Crippen molar-refractivity contribution in [2.24, 2.45) is 0 Å². The first-order valence-corrected chi connectivity index (χ1v) is 5.78. The molecule has 1 aromatic rings. The van der Waals surface area contributed by atoms with E-state index in [0.29, 0.717) is 12.5 Å². The fourth-order valence-corrected chi connectivity index (χ4v) is 1.79. The standard InChI is InChI=1S/C14H17NO/c1-2-11-6-8-12(9-7-11)10-14(16)15-13-4-3-5-13/h2,6-9,13H,1,3-5,10H2,(H,15,16). The SMILES string of the molecule is C=Cc1ccc(CC(=O)NC2CCC2)cc1. The largest absolute Gasteiger partial charge is 0.353 e. The van der Waals surface area contributed by atoms with Crippen LogP contribution < -0.4 is 5.32 Å². The molecule has 0 atom stereocenters. The molecule has 1 N–H and O–H groups in total. The van der Waals surface area contributed by atoms with Crippen LogP contribution in [-0.4, -0.2) is 11.9 Å². The number of benzene rings is 1. The summed E-state index contributed by atoms with van der Waals surface area (Å²) < 4.78 is 0. The van der Waals surface area contributed by atoms with Gasteiger partial charge in [0, 0.05) is 6.04 Å². The average Bonchev–Trinajstić information content (AvgIpc) is 2.25. The molecular weight excluding hydrogens is 198 g/mol. The molecule has 2 nitrogen and oxygen atoms in total. The van der Waals surface area contributed by atoms with Crippen molar-refractivity contribution in [3.63, 3.8) is 0 Å². The Morgan fingerprint density at radius 2 is 2.06 bits per heavy atom. The number of carbonyl (C=O) groups is 1. The minimum atomic E-state index is 0.135. The number of hydrogen-bond donors (Lipinski definition) is 1. The van der Waals surface area contributed by atoms with E-state index < -0.39 is 0 Å². The summed E-state index contributed by atoms with van der Waals surface area (Å²) in [5.74, 6) is 0.135.